The van der Waals surface area contributed by atoms with Crippen LogP contribution in [0.25, 0.3) is 0 Å². The Morgan fingerprint density at radius 2 is 1.78 bits per heavy atom. The van der Waals surface area contributed by atoms with Crippen LogP contribution in [0.1, 0.15) is 46.3 Å². The molecule has 0 bridgehead atoms. The molecule has 1 fully saturated rings. The maximum Gasteiger partial charge on any atom is 0.251 e. The summed E-state index contributed by atoms with van der Waals surface area (Å²) < 4.78 is 25.5. The van der Waals surface area contributed by atoms with Gasteiger partial charge in [0.15, 0.2) is 0 Å². The lowest BCUT2D eigenvalue weighted by atomic mass is 9.98. The first-order valence-electron chi connectivity index (χ1n) is 8.00. The molecule has 1 aromatic carbocycles. The zero-order chi connectivity index (χ0) is 17.2. The van der Waals surface area contributed by atoms with E-state index in [1.54, 1.807) is 0 Å². The van der Waals surface area contributed by atoms with Crippen LogP contribution >= 0.6 is 0 Å². The lowest BCUT2D eigenvalue weighted by molar-refractivity contribution is 0.0945. The number of carbonyl (C=O) groups is 1. The van der Waals surface area contributed by atoms with E-state index in [-0.39, 0.29) is 17.9 Å². The fourth-order valence-electron chi connectivity index (χ4n) is 3.56. The number of nitrogens with one attached hydrogen (secondary N) is 2. The molecule has 23 heavy (non-hydrogen) atoms. The lowest BCUT2D eigenvalue weighted by Gasteiger charge is -2.21. The first-order chi connectivity index (χ1) is 10.7. The van der Waals surface area contributed by atoms with Crippen LogP contribution in [-0.2, 0) is 10.0 Å². The zero-order valence-electron chi connectivity index (χ0n) is 14.3. The molecular formula is C17H26N2O3S. The highest BCUT2D eigenvalue weighted by molar-refractivity contribution is 7.88. The van der Waals surface area contributed by atoms with Gasteiger partial charge in [0.2, 0.25) is 10.0 Å². The van der Waals surface area contributed by atoms with Crippen molar-refractivity contribution in [3.8, 4) is 0 Å². The first-order valence-corrected chi connectivity index (χ1v) is 9.90. The van der Waals surface area contributed by atoms with Crippen LogP contribution in [0.5, 0.6) is 0 Å². The molecule has 5 nitrogen and oxygen atoms in total. The molecule has 2 rings (SSSR count). The van der Waals surface area contributed by atoms with Gasteiger partial charge in [-0.15, -0.1) is 0 Å². The fourth-order valence-corrected chi connectivity index (χ4v) is 4.42. The van der Waals surface area contributed by atoms with E-state index in [4.69, 9.17) is 0 Å². The Labute approximate surface area is 138 Å². The Kier molecular flexibility index (Phi) is 5.47. The highest BCUT2D eigenvalue weighted by Gasteiger charge is 2.29. The molecule has 0 saturated heterocycles. The average Bonchev–Trinajstić information content (AvgIpc) is 2.80. The van der Waals surface area contributed by atoms with Crippen molar-refractivity contribution in [1.29, 1.82) is 0 Å². The van der Waals surface area contributed by atoms with Crippen molar-refractivity contribution in [2.45, 2.75) is 46.1 Å². The van der Waals surface area contributed by atoms with Crippen molar-refractivity contribution in [2.24, 2.45) is 5.92 Å². The standard InChI is InChI=1S/C17H26N2O3S/c1-11-8-12(2)16(13(3)9-11)17(20)18-10-14-6-5-7-15(14)19-23(4,21)22/h8-9,14-15,19H,5-7,10H2,1-4H3,(H,18,20)/t14-,15-/m0/s1. The maximum atomic E-state index is 12.5. The van der Waals surface area contributed by atoms with Crippen molar-refractivity contribution in [3.05, 3.63) is 34.4 Å². The number of amides is 1. The fraction of sp³-hybridized carbons (Fsp3) is 0.588. The summed E-state index contributed by atoms with van der Waals surface area (Å²) in [7, 11) is -3.21. The molecule has 2 N–H and O–H groups in total. The molecule has 128 valence electrons. The van der Waals surface area contributed by atoms with E-state index in [0.717, 1.165) is 41.5 Å². The third kappa shape index (κ3) is 4.78. The van der Waals surface area contributed by atoms with E-state index in [9.17, 15) is 13.2 Å². The smallest absolute Gasteiger partial charge is 0.251 e. The van der Waals surface area contributed by atoms with Crippen molar-refractivity contribution in [2.75, 3.05) is 12.8 Å². The Balaban J connectivity index is 2.02. The predicted molar refractivity (Wildman–Crippen MR) is 92.1 cm³/mol. The molecule has 1 aromatic rings. The summed E-state index contributed by atoms with van der Waals surface area (Å²) in [5.74, 6) is 0.0738. The monoisotopic (exact) mass is 338 g/mol. The van der Waals surface area contributed by atoms with E-state index in [1.165, 1.54) is 6.26 Å². The SMILES string of the molecule is Cc1cc(C)c(C(=O)NC[C@@H]2CCC[C@@H]2NS(C)(=O)=O)c(C)c1. The Morgan fingerprint density at radius 1 is 1.17 bits per heavy atom. The third-order valence-corrected chi connectivity index (χ3v) is 5.18. The summed E-state index contributed by atoms with van der Waals surface area (Å²) in [5.41, 5.74) is 3.81. The molecule has 0 heterocycles. The van der Waals surface area contributed by atoms with Gasteiger partial charge < -0.3 is 5.32 Å². The number of hydrogen-bond acceptors (Lipinski definition) is 3. The van der Waals surface area contributed by atoms with Gasteiger partial charge in [0, 0.05) is 18.2 Å². The molecule has 0 radical (unpaired) electrons. The van der Waals surface area contributed by atoms with Gasteiger partial charge in [0.05, 0.1) is 6.26 Å². The van der Waals surface area contributed by atoms with Gasteiger partial charge in [0.25, 0.3) is 5.91 Å². The quantitative estimate of drug-likeness (QED) is 0.863. The molecule has 1 aliphatic rings. The van der Waals surface area contributed by atoms with Crippen molar-refractivity contribution in [3.63, 3.8) is 0 Å². The first kappa shape index (κ1) is 17.9. The van der Waals surface area contributed by atoms with Gasteiger partial charge in [-0.2, -0.15) is 0 Å². The van der Waals surface area contributed by atoms with Gasteiger partial charge in [-0.05, 0) is 50.7 Å². The molecule has 0 unspecified atom stereocenters. The van der Waals surface area contributed by atoms with Crippen LogP contribution in [0, 0.1) is 26.7 Å². The summed E-state index contributed by atoms with van der Waals surface area (Å²) in [6.07, 6.45) is 3.92. The van der Waals surface area contributed by atoms with E-state index < -0.39 is 10.0 Å². The second-order valence-corrected chi connectivity index (χ2v) is 8.45. The van der Waals surface area contributed by atoms with E-state index >= 15 is 0 Å². The molecule has 1 amide bonds. The van der Waals surface area contributed by atoms with Gasteiger partial charge in [-0.1, -0.05) is 24.1 Å². The van der Waals surface area contributed by atoms with Crippen molar-refractivity contribution in [1.82, 2.24) is 10.0 Å². The molecule has 1 aliphatic carbocycles. The van der Waals surface area contributed by atoms with Gasteiger partial charge in [-0.25, -0.2) is 13.1 Å². The summed E-state index contributed by atoms with van der Waals surface area (Å²) in [6.45, 7) is 6.40. The number of carbonyl (C=O) groups excluding carboxylic acids is 1. The molecular weight excluding hydrogens is 312 g/mol. The number of sulfonamides is 1. The summed E-state index contributed by atoms with van der Waals surface area (Å²) in [5, 5.41) is 2.98. The maximum absolute atomic E-state index is 12.5. The summed E-state index contributed by atoms with van der Waals surface area (Å²) in [4.78, 5) is 12.5. The van der Waals surface area contributed by atoms with Crippen molar-refractivity contribution < 1.29 is 13.2 Å². The van der Waals surface area contributed by atoms with Gasteiger partial charge in [0.1, 0.15) is 0 Å². The molecule has 1 saturated carbocycles. The van der Waals surface area contributed by atoms with Gasteiger partial charge in [-0.3, -0.25) is 4.79 Å². The van der Waals surface area contributed by atoms with Crippen LogP contribution in [0.2, 0.25) is 0 Å². The van der Waals surface area contributed by atoms with Crippen molar-refractivity contribution >= 4 is 15.9 Å². The molecule has 0 spiro atoms. The van der Waals surface area contributed by atoms with E-state index in [0.29, 0.717) is 6.54 Å². The van der Waals surface area contributed by atoms with Crippen LogP contribution in [0.3, 0.4) is 0 Å². The van der Waals surface area contributed by atoms with Crippen LogP contribution in [0.4, 0.5) is 0 Å². The van der Waals surface area contributed by atoms with E-state index in [2.05, 4.69) is 10.0 Å². The minimum absolute atomic E-state index is 0.0782. The highest BCUT2D eigenvalue weighted by Crippen LogP contribution is 2.26. The predicted octanol–water partition coefficient (Wildman–Crippen LogP) is 2.06. The number of hydrogen-bond donors (Lipinski definition) is 2. The topological polar surface area (TPSA) is 75.3 Å². The lowest BCUT2D eigenvalue weighted by Crippen LogP contribution is -2.41. The number of rotatable bonds is 5. The second-order valence-electron chi connectivity index (χ2n) is 6.67. The normalized spacial score (nSPS) is 21.4. The molecule has 2 atom stereocenters. The molecule has 0 aromatic heterocycles. The minimum atomic E-state index is -3.21. The number of benzene rings is 1. The van der Waals surface area contributed by atoms with Crippen LogP contribution < -0.4 is 10.0 Å². The summed E-state index contributed by atoms with van der Waals surface area (Å²) >= 11 is 0. The minimum Gasteiger partial charge on any atom is -0.352 e. The Morgan fingerprint density at radius 3 is 2.35 bits per heavy atom. The average molecular weight is 338 g/mol. The summed E-state index contributed by atoms with van der Waals surface area (Å²) in [6, 6.07) is 3.93. The molecule has 6 heteroatoms. The number of aryl methyl sites for hydroxylation is 3. The van der Waals surface area contributed by atoms with E-state index in [1.807, 2.05) is 32.9 Å². The highest BCUT2D eigenvalue weighted by atomic mass is 32.2. The van der Waals surface area contributed by atoms with Gasteiger partial charge >= 0.3 is 0 Å². The van der Waals surface area contributed by atoms with Crippen LogP contribution in [-0.4, -0.2) is 33.2 Å². The Bertz CT molecular complexity index is 675. The molecule has 0 aliphatic heterocycles. The largest absolute Gasteiger partial charge is 0.352 e. The zero-order valence-corrected chi connectivity index (χ0v) is 15.1. The van der Waals surface area contributed by atoms with Crippen LogP contribution in [0.15, 0.2) is 12.1 Å². The second kappa shape index (κ2) is 7.01. The third-order valence-electron chi connectivity index (χ3n) is 4.45. The Hall–Kier alpha value is -1.40.